The molecule has 1 aromatic carbocycles. The molecular weight excluding hydrogens is 226 g/mol. The van der Waals surface area contributed by atoms with E-state index in [1.165, 1.54) is 11.1 Å². The molecule has 2 rings (SSSR count). The zero-order valence-electron chi connectivity index (χ0n) is 11.1. The summed E-state index contributed by atoms with van der Waals surface area (Å²) in [6, 6.07) is 8.59. The van der Waals surface area contributed by atoms with Gasteiger partial charge in [-0.1, -0.05) is 29.8 Å². The minimum Gasteiger partial charge on any atom is -0.424 e. The van der Waals surface area contributed by atoms with E-state index in [0.29, 0.717) is 11.8 Å². The van der Waals surface area contributed by atoms with E-state index in [1.807, 2.05) is 14.0 Å². The molecule has 18 heavy (non-hydrogen) atoms. The molecule has 1 heterocycles. The van der Waals surface area contributed by atoms with Crippen LogP contribution >= 0.6 is 0 Å². The molecule has 4 nitrogen and oxygen atoms in total. The Balaban J connectivity index is 1.96. The summed E-state index contributed by atoms with van der Waals surface area (Å²) in [5, 5.41) is 11.2. The molecule has 1 atom stereocenters. The molecule has 96 valence electrons. The van der Waals surface area contributed by atoms with Crippen LogP contribution in [0.25, 0.3) is 0 Å². The van der Waals surface area contributed by atoms with Gasteiger partial charge in [0.05, 0.1) is 6.04 Å². The lowest BCUT2D eigenvalue weighted by molar-refractivity contribution is 0.405. The van der Waals surface area contributed by atoms with Crippen molar-refractivity contribution in [2.45, 2.75) is 32.7 Å². The standard InChI is InChI=1S/C14H19N3O/c1-10-5-4-6-12(9-10)7-8-13-16-17-14(18-13)11(2)15-3/h4-6,9,11,15H,7-8H2,1-3H3. The van der Waals surface area contributed by atoms with Crippen LogP contribution < -0.4 is 5.32 Å². The van der Waals surface area contributed by atoms with Crippen molar-refractivity contribution in [2.75, 3.05) is 7.05 Å². The molecule has 0 fully saturated rings. The Bertz CT molecular complexity index is 507. The second-order valence-electron chi connectivity index (χ2n) is 4.53. The smallest absolute Gasteiger partial charge is 0.233 e. The summed E-state index contributed by atoms with van der Waals surface area (Å²) in [6.07, 6.45) is 1.71. The van der Waals surface area contributed by atoms with Crippen LogP contribution in [0.1, 0.15) is 35.9 Å². The molecule has 1 N–H and O–H groups in total. The fraction of sp³-hybridized carbons (Fsp3) is 0.429. The van der Waals surface area contributed by atoms with Crippen LogP contribution in [0.3, 0.4) is 0 Å². The average Bonchev–Trinajstić information content (AvgIpc) is 2.84. The number of aromatic nitrogens is 2. The van der Waals surface area contributed by atoms with Gasteiger partial charge in [0, 0.05) is 6.42 Å². The van der Waals surface area contributed by atoms with Gasteiger partial charge in [-0.3, -0.25) is 0 Å². The predicted molar refractivity (Wildman–Crippen MR) is 70.4 cm³/mol. The summed E-state index contributed by atoms with van der Waals surface area (Å²) in [7, 11) is 1.88. The normalized spacial score (nSPS) is 12.6. The van der Waals surface area contributed by atoms with Crippen LogP contribution in [0, 0.1) is 6.92 Å². The van der Waals surface area contributed by atoms with Crippen LogP contribution in [-0.2, 0) is 12.8 Å². The highest BCUT2D eigenvalue weighted by molar-refractivity contribution is 5.22. The molecule has 2 aromatic rings. The fourth-order valence-electron chi connectivity index (χ4n) is 1.78. The summed E-state index contributed by atoms with van der Waals surface area (Å²) < 4.78 is 5.60. The van der Waals surface area contributed by atoms with E-state index in [9.17, 15) is 0 Å². The first-order chi connectivity index (χ1) is 8.69. The third-order valence-electron chi connectivity index (χ3n) is 3.00. The molecule has 0 saturated heterocycles. The van der Waals surface area contributed by atoms with E-state index < -0.39 is 0 Å². The van der Waals surface area contributed by atoms with Crippen molar-refractivity contribution in [3.05, 3.63) is 47.2 Å². The van der Waals surface area contributed by atoms with Crippen molar-refractivity contribution in [3.8, 4) is 0 Å². The van der Waals surface area contributed by atoms with Gasteiger partial charge in [0.2, 0.25) is 11.8 Å². The predicted octanol–water partition coefficient (Wildman–Crippen LogP) is 2.44. The topological polar surface area (TPSA) is 51.0 Å². The van der Waals surface area contributed by atoms with Crippen LogP contribution in [0.2, 0.25) is 0 Å². The van der Waals surface area contributed by atoms with E-state index in [4.69, 9.17) is 4.42 Å². The Hall–Kier alpha value is -1.68. The van der Waals surface area contributed by atoms with E-state index in [2.05, 4.69) is 46.7 Å². The van der Waals surface area contributed by atoms with Gasteiger partial charge in [-0.05, 0) is 32.9 Å². The highest BCUT2D eigenvalue weighted by Gasteiger charge is 2.11. The molecule has 0 spiro atoms. The highest BCUT2D eigenvalue weighted by Crippen LogP contribution is 2.12. The molecular formula is C14H19N3O. The monoisotopic (exact) mass is 245 g/mol. The SMILES string of the molecule is CNC(C)c1nnc(CCc2cccc(C)c2)o1. The first-order valence-corrected chi connectivity index (χ1v) is 6.24. The molecule has 0 aliphatic heterocycles. The van der Waals surface area contributed by atoms with Crippen LogP contribution in [-0.4, -0.2) is 17.2 Å². The summed E-state index contributed by atoms with van der Waals surface area (Å²) in [6.45, 7) is 4.10. The Labute approximate surface area is 107 Å². The second kappa shape index (κ2) is 5.78. The van der Waals surface area contributed by atoms with Crippen molar-refractivity contribution in [1.29, 1.82) is 0 Å². The zero-order valence-corrected chi connectivity index (χ0v) is 11.1. The lowest BCUT2D eigenvalue weighted by Crippen LogP contribution is -2.12. The molecule has 1 unspecified atom stereocenters. The molecule has 4 heteroatoms. The summed E-state index contributed by atoms with van der Waals surface area (Å²) >= 11 is 0. The Morgan fingerprint density at radius 3 is 2.83 bits per heavy atom. The quantitative estimate of drug-likeness (QED) is 0.879. The van der Waals surface area contributed by atoms with Crippen molar-refractivity contribution < 1.29 is 4.42 Å². The van der Waals surface area contributed by atoms with Gasteiger partial charge in [0.25, 0.3) is 0 Å². The Kier molecular flexibility index (Phi) is 4.10. The van der Waals surface area contributed by atoms with Gasteiger partial charge >= 0.3 is 0 Å². The number of nitrogens with zero attached hydrogens (tertiary/aromatic N) is 2. The van der Waals surface area contributed by atoms with Crippen molar-refractivity contribution in [1.82, 2.24) is 15.5 Å². The van der Waals surface area contributed by atoms with Crippen molar-refractivity contribution >= 4 is 0 Å². The third-order valence-corrected chi connectivity index (χ3v) is 3.00. The molecule has 0 aliphatic carbocycles. The van der Waals surface area contributed by atoms with Gasteiger partial charge in [0.1, 0.15) is 0 Å². The number of rotatable bonds is 5. The number of nitrogens with one attached hydrogen (secondary N) is 1. The summed E-state index contributed by atoms with van der Waals surface area (Å²) in [4.78, 5) is 0. The molecule has 0 bridgehead atoms. The fourth-order valence-corrected chi connectivity index (χ4v) is 1.78. The molecule has 0 amide bonds. The third kappa shape index (κ3) is 3.17. The number of benzene rings is 1. The summed E-state index contributed by atoms with van der Waals surface area (Å²) in [5.41, 5.74) is 2.58. The van der Waals surface area contributed by atoms with Gasteiger partial charge in [0.15, 0.2) is 0 Å². The average molecular weight is 245 g/mol. The Morgan fingerprint density at radius 2 is 2.11 bits per heavy atom. The molecule has 0 radical (unpaired) electrons. The maximum absolute atomic E-state index is 5.60. The van der Waals surface area contributed by atoms with Gasteiger partial charge in [-0.25, -0.2) is 0 Å². The largest absolute Gasteiger partial charge is 0.424 e. The van der Waals surface area contributed by atoms with E-state index in [0.717, 1.165) is 12.8 Å². The van der Waals surface area contributed by atoms with Gasteiger partial charge in [-0.2, -0.15) is 0 Å². The minimum absolute atomic E-state index is 0.102. The van der Waals surface area contributed by atoms with E-state index in [1.54, 1.807) is 0 Å². The highest BCUT2D eigenvalue weighted by atomic mass is 16.4. The van der Waals surface area contributed by atoms with Crippen LogP contribution in [0.4, 0.5) is 0 Å². The lowest BCUT2D eigenvalue weighted by atomic mass is 10.1. The first kappa shape index (κ1) is 12.8. The lowest BCUT2D eigenvalue weighted by Gasteiger charge is -2.02. The molecule has 1 aromatic heterocycles. The summed E-state index contributed by atoms with van der Waals surface area (Å²) in [5.74, 6) is 1.35. The first-order valence-electron chi connectivity index (χ1n) is 6.24. The second-order valence-corrected chi connectivity index (χ2v) is 4.53. The van der Waals surface area contributed by atoms with Gasteiger partial charge < -0.3 is 9.73 Å². The number of hydrogen-bond acceptors (Lipinski definition) is 4. The maximum Gasteiger partial charge on any atom is 0.233 e. The van der Waals surface area contributed by atoms with Crippen molar-refractivity contribution in [3.63, 3.8) is 0 Å². The zero-order chi connectivity index (χ0) is 13.0. The van der Waals surface area contributed by atoms with E-state index in [-0.39, 0.29) is 6.04 Å². The molecule has 0 aliphatic rings. The number of aryl methyl sites for hydroxylation is 3. The van der Waals surface area contributed by atoms with E-state index >= 15 is 0 Å². The Morgan fingerprint density at radius 1 is 1.28 bits per heavy atom. The minimum atomic E-state index is 0.102. The van der Waals surface area contributed by atoms with Crippen LogP contribution in [0.15, 0.2) is 28.7 Å². The molecule has 0 saturated carbocycles. The maximum atomic E-state index is 5.60. The van der Waals surface area contributed by atoms with Crippen LogP contribution in [0.5, 0.6) is 0 Å². The number of hydrogen-bond donors (Lipinski definition) is 1. The van der Waals surface area contributed by atoms with Crippen molar-refractivity contribution in [2.24, 2.45) is 0 Å². The van der Waals surface area contributed by atoms with Gasteiger partial charge in [-0.15, -0.1) is 10.2 Å².